The van der Waals surface area contributed by atoms with E-state index in [-0.39, 0.29) is 56.1 Å². The highest BCUT2D eigenvalue weighted by Gasteiger charge is 2.27. The van der Waals surface area contributed by atoms with Gasteiger partial charge in [-0.05, 0) is 30.7 Å². The number of nitrogens with zero attached hydrogens (tertiary/aromatic N) is 2. The number of hydrogen-bond acceptors (Lipinski definition) is 6. The Balaban J connectivity index is 1.62. The third-order valence-electron chi connectivity index (χ3n) is 4.97. The SMILES string of the molecule is CCOC(=O)c1cc(C(=O)O)cc(C(=O)N2CCN(C(=O)OCc3ccccc3)CC2)c1. The van der Waals surface area contributed by atoms with E-state index >= 15 is 0 Å². The molecule has 32 heavy (non-hydrogen) atoms. The van der Waals surface area contributed by atoms with Gasteiger partial charge in [-0.2, -0.15) is 0 Å². The molecule has 1 aliphatic heterocycles. The van der Waals surface area contributed by atoms with Crippen LogP contribution in [0.5, 0.6) is 0 Å². The van der Waals surface area contributed by atoms with Gasteiger partial charge in [-0.1, -0.05) is 30.3 Å². The van der Waals surface area contributed by atoms with Crippen LogP contribution in [0.15, 0.2) is 48.5 Å². The van der Waals surface area contributed by atoms with Gasteiger partial charge < -0.3 is 24.4 Å². The van der Waals surface area contributed by atoms with Gasteiger partial charge in [0.15, 0.2) is 0 Å². The number of hydrogen-bond donors (Lipinski definition) is 1. The van der Waals surface area contributed by atoms with Crippen molar-refractivity contribution < 1.29 is 33.8 Å². The lowest BCUT2D eigenvalue weighted by atomic mass is 10.0. The molecule has 0 radical (unpaired) electrons. The van der Waals surface area contributed by atoms with Crippen LogP contribution in [0.25, 0.3) is 0 Å². The molecule has 0 bridgehead atoms. The quantitative estimate of drug-likeness (QED) is 0.687. The molecule has 1 heterocycles. The maximum Gasteiger partial charge on any atom is 0.410 e. The van der Waals surface area contributed by atoms with Crippen molar-refractivity contribution in [2.75, 3.05) is 32.8 Å². The minimum atomic E-state index is -1.25. The minimum Gasteiger partial charge on any atom is -0.478 e. The average Bonchev–Trinajstić information content (AvgIpc) is 2.82. The second-order valence-electron chi connectivity index (χ2n) is 7.14. The van der Waals surface area contributed by atoms with E-state index in [1.165, 1.54) is 28.0 Å². The summed E-state index contributed by atoms with van der Waals surface area (Å²) in [5, 5.41) is 9.33. The fraction of sp³-hybridized carbons (Fsp3) is 0.304. The number of carboxylic acid groups (broad SMARTS) is 1. The maximum absolute atomic E-state index is 12.9. The van der Waals surface area contributed by atoms with Crippen LogP contribution in [0.2, 0.25) is 0 Å². The molecule has 1 saturated heterocycles. The van der Waals surface area contributed by atoms with Crippen molar-refractivity contribution in [1.82, 2.24) is 9.80 Å². The Kier molecular flexibility index (Phi) is 7.43. The number of esters is 1. The first-order valence-electron chi connectivity index (χ1n) is 10.2. The first kappa shape index (κ1) is 22.8. The van der Waals surface area contributed by atoms with Crippen LogP contribution >= 0.6 is 0 Å². The van der Waals surface area contributed by atoms with E-state index in [4.69, 9.17) is 9.47 Å². The van der Waals surface area contributed by atoms with Crippen LogP contribution < -0.4 is 0 Å². The molecular weight excluding hydrogens is 416 g/mol. The van der Waals surface area contributed by atoms with E-state index in [1.54, 1.807) is 6.92 Å². The highest BCUT2D eigenvalue weighted by atomic mass is 16.6. The summed E-state index contributed by atoms with van der Waals surface area (Å²) in [7, 11) is 0. The zero-order chi connectivity index (χ0) is 23.1. The molecule has 2 aromatic carbocycles. The van der Waals surface area contributed by atoms with Crippen molar-refractivity contribution >= 4 is 23.9 Å². The number of carbonyl (C=O) groups excluding carboxylic acids is 3. The number of carbonyl (C=O) groups is 4. The van der Waals surface area contributed by atoms with Crippen LogP contribution in [0.4, 0.5) is 4.79 Å². The largest absolute Gasteiger partial charge is 0.478 e. The molecule has 0 aliphatic carbocycles. The smallest absolute Gasteiger partial charge is 0.410 e. The predicted molar refractivity (Wildman–Crippen MR) is 113 cm³/mol. The number of piperazine rings is 1. The standard InChI is InChI=1S/C23H24N2O7/c1-2-31-22(29)19-13-17(12-18(14-19)21(27)28)20(26)24-8-10-25(11-9-24)23(30)32-15-16-6-4-3-5-7-16/h3-7,12-14H,2,8-11,15H2,1H3,(H,27,28). The van der Waals surface area contributed by atoms with Crippen molar-refractivity contribution in [2.45, 2.75) is 13.5 Å². The Hall–Kier alpha value is -3.88. The van der Waals surface area contributed by atoms with Crippen molar-refractivity contribution in [3.8, 4) is 0 Å². The molecule has 1 N–H and O–H groups in total. The summed E-state index contributed by atoms with van der Waals surface area (Å²) in [6.07, 6.45) is -0.460. The Morgan fingerprint density at radius 3 is 2.06 bits per heavy atom. The van der Waals surface area contributed by atoms with Gasteiger partial charge in [-0.15, -0.1) is 0 Å². The van der Waals surface area contributed by atoms with Gasteiger partial charge in [-0.25, -0.2) is 14.4 Å². The molecule has 0 aromatic heterocycles. The van der Waals surface area contributed by atoms with Crippen LogP contribution in [0.1, 0.15) is 43.6 Å². The molecule has 0 unspecified atom stereocenters. The lowest BCUT2D eigenvalue weighted by molar-refractivity contribution is 0.0524. The second-order valence-corrected chi connectivity index (χ2v) is 7.14. The van der Waals surface area contributed by atoms with Crippen LogP contribution in [-0.4, -0.2) is 71.6 Å². The molecule has 0 saturated carbocycles. The van der Waals surface area contributed by atoms with Gasteiger partial charge in [0.2, 0.25) is 0 Å². The summed E-state index contributed by atoms with van der Waals surface area (Å²) in [5.74, 6) is -2.37. The van der Waals surface area contributed by atoms with E-state index in [1.807, 2.05) is 30.3 Å². The topological polar surface area (TPSA) is 113 Å². The summed E-state index contributed by atoms with van der Waals surface area (Å²) in [6, 6.07) is 13.1. The van der Waals surface area contributed by atoms with E-state index in [9.17, 15) is 24.3 Å². The molecule has 0 atom stereocenters. The zero-order valence-electron chi connectivity index (χ0n) is 17.7. The molecule has 168 valence electrons. The van der Waals surface area contributed by atoms with Crippen molar-refractivity contribution in [3.05, 3.63) is 70.8 Å². The summed E-state index contributed by atoms with van der Waals surface area (Å²) in [4.78, 5) is 51.8. The number of carboxylic acids is 1. The molecule has 9 nitrogen and oxygen atoms in total. The number of aromatic carboxylic acids is 1. The molecule has 3 rings (SSSR count). The molecule has 1 fully saturated rings. The van der Waals surface area contributed by atoms with Gasteiger partial charge in [0.1, 0.15) is 6.61 Å². The Morgan fingerprint density at radius 2 is 1.44 bits per heavy atom. The number of benzene rings is 2. The predicted octanol–water partition coefficient (Wildman–Crippen LogP) is 2.66. The molecule has 0 spiro atoms. The van der Waals surface area contributed by atoms with Crippen LogP contribution in [0.3, 0.4) is 0 Å². The lowest BCUT2D eigenvalue weighted by Crippen LogP contribution is -2.50. The van der Waals surface area contributed by atoms with Crippen LogP contribution in [0, 0.1) is 0 Å². The lowest BCUT2D eigenvalue weighted by Gasteiger charge is -2.34. The maximum atomic E-state index is 12.9. The van der Waals surface area contributed by atoms with Crippen LogP contribution in [-0.2, 0) is 16.1 Å². The molecule has 2 aromatic rings. The fourth-order valence-electron chi connectivity index (χ4n) is 3.29. The van der Waals surface area contributed by atoms with Gasteiger partial charge in [0.05, 0.1) is 17.7 Å². The van der Waals surface area contributed by atoms with E-state index in [0.29, 0.717) is 0 Å². The monoisotopic (exact) mass is 440 g/mol. The van der Waals surface area contributed by atoms with Gasteiger partial charge in [0, 0.05) is 31.7 Å². The van der Waals surface area contributed by atoms with Crippen molar-refractivity contribution in [1.29, 1.82) is 0 Å². The summed E-state index contributed by atoms with van der Waals surface area (Å²) < 4.78 is 10.2. The normalized spacial score (nSPS) is 13.4. The molecule has 1 aliphatic rings. The summed E-state index contributed by atoms with van der Waals surface area (Å²) in [5.41, 5.74) is 0.777. The minimum absolute atomic E-state index is 0.00164. The van der Waals surface area contributed by atoms with E-state index in [0.717, 1.165) is 5.56 Å². The first-order chi connectivity index (χ1) is 15.4. The van der Waals surface area contributed by atoms with E-state index < -0.39 is 23.9 Å². The second kappa shape index (κ2) is 10.4. The van der Waals surface area contributed by atoms with Crippen molar-refractivity contribution in [2.24, 2.45) is 0 Å². The summed E-state index contributed by atoms with van der Waals surface area (Å²) >= 11 is 0. The first-order valence-corrected chi connectivity index (χ1v) is 10.2. The average molecular weight is 440 g/mol. The third-order valence-corrected chi connectivity index (χ3v) is 4.97. The van der Waals surface area contributed by atoms with Gasteiger partial charge >= 0.3 is 18.0 Å². The third kappa shape index (κ3) is 5.63. The van der Waals surface area contributed by atoms with Gasteiger partial charge in [-0.3, -0.25) is 4.79 Å². The number of amides is 2. The highest BCUT2D eigenvalue weighted by molar-refractivity contribution is 6.01. The Morgan fingerprint density at radius 1 is 0.844 bits per heavy atom. The highest BCUT2D eigenvalue weighted by Crippen LogP contribution is 2.16. The molecule has 9 heteroatoms. The Labute approximate surface area is 185 Å². The number of rotatable bonds is 6. The van der Waals surface area contributed by atoms with E-state index in [2.05, 4.69) is 0 Å². The van der Waals surface area contributed by atoms with Crippen molar-refractivity contribution in [3.63, 3.8) is 0 Å². The van der Waals surface area contributed by atoms with Gasteiger partial charge in [0.25, 0.3) is 5.91 Å². The molecule has 2 amide bonds. The summed E-state index contributed by atoms with van der Waals surface area (Å²) in [6.45, 7) is 3.00. The number of ether oxygens (including phenoxy) is 2. The zero-order valence-corrected chi connectivity index (χ0v) is 17.7. The Bertz CT molecular complexity index is 999. The fourth-order valence-corrected chi connectivity index (χ4v) is 3.29. The molecular formula is C23H24N2O7.